The van der Waals surface area contributed by atoms with Crippen molar-refractivity contribution in [2.75, 3.05) is 11.9 Å². The fourth-order valence-corrected chi connectivity index (χ4v) is 3.05. The third-order valence-electron chi connectivity index (χ3n) is 4.56. The number of hydrogen-bond donors (Lipinski definition) is 2. The van der Waals surface area contributed by atoms with Crippen LogP contribution < -0.4 is 10.6 Å². The summed E-state index contributed by atoms with van der Waals surface area (Å²) in [5, 5.41) is 7.86. The van der Waals surface area contributed by atoms with Crippen LogP contribution in [0.15, 0.2) is 79.4 Å². The summed E-state index contributed by atoms with van der Waals surface area (Å²) in [6.45, 7) is 4.02. The zero-order valence-corrected chi connectivity index (χ0v) is 15.8. The lowest BCUT2D eigenvalue weighted by atomic mass is 10.1. The number of nitrogens with one attached hydrogen (secondary N) is 2. The van der Waals surface area contributed by atoms with Gasteiger partial charge in [0.15, 0.2) is 0 Å². The largest absolute Gasteiger partial charge is 0.352 e. The second-order valence-electron chi connectivity index (χ2n) is 6.60. The van der Waals surface area contributed by atoms with Gasteiger partial charge in [0.2, 0.25) is 5.91 Å². The average molecular weight is 372 g/mol. The highest BCUT2D eigenvalue weighted by Gasteiger charge is 2.09. The summed E-state index contributed by atoms with van der Waals surface area (Å²) in [6.07, 6.45) is 3.77. The van der Waals surface area contributed by atoms with Gasteiger partial charge in [-0.15, -0.1) is 6.58 Å². The quantitative estimate of drug-likeness (QED) is 0.562. The Balaban J connectivity index is 1.52. The summed E-state index contributed by atoms with van der Waals surface area (Å²) in [5.41, 5.74) is 2.49. The maximum Gasteiger partial charge on any atom is 0.251 e. The van der Waals surface area contributed by atoms with Crippen molar-refractivity contribution >= 4 is 28.3 Å². The number of amides is 2. The van der Waals surface area contributed by atoms with Crippen LogP contribution in [-0.2, 0) is 11.2 Å². The van der Waals surface area contributed by atoms with Crippen LogP contribution in [0.5, 0.6) is 0 Å². The molecule has 0 radical (unpaired) electrons. The van der Waals surface area contributed by atoms with Gasteiger partial charge in [0.1, 0.15) is 0 Å². The minimum atomic E-state index is -0.176. The molecule has 0 heterocycles. The monoisotopic (exact) mass is 372 g/mol. The van der Waals surface area contributed by atoms with Crippen molar-refractivity contribution in [2.45, 2.75) is 19.3 Å². The minimum Gasteiger partial charge on any atom is -0.352 e. The number of hydrogen-bond acceptors (Lipinski definition) is 2. The van der Waals surface area contributed by atoms with Gasteiger partial charge in [0, 0.05) is 24.2 Å². The second-order valence-corrected chi connectivity index (χ2v) is 6.60. The van der Waals surface area contributed by atoms with E-state index in [9.17, 15) is 9.59 Å². The Hall–Kier alpha value is -3.40. The maximum atomic E-state index is 12.3. The van der Waals surface area contributed by atoms with Gasteiger partial charge >= 0.3 is 0 Å². The fourth-order valence-electron chi connectivity index (χ4n) is 3.05. The van der Waals surface area contributed by atoms with Crippen molar-refractivity contribution in [3.63, 3.8) is 0 Å². The maximum absolute atomic E-state index is 12.3. The molecule has 0 aliphatic heterocycles. The van der Waals surface area contributed by atoms with Crippen LogP contribution >= 0.6 is 0 Å². The molecule has 0 fully saturated rings. The summed E-state index contributed by atoms with van der Waals surface area (Å²) in [4.78, 5) is 24.6. The predicted octanol–water partition coefficient (Wildman–Crippen LogP) is 4.72. The van der Waals surface area contributed by atoms with Crippen LogP contribution in [0.4, 0.5) is 5.69 Å². The summed E-state index contributed by atoms with van der Waals surface area (Å²) in [5.74, 6) is -0.296. The molecule has 0 aliphatic carbocycles. The number of rotatable bonds is 8. The first-order chi connectivity index (χ1) is 13.7. The number of aryl methyl sites for hydroxylation is 1. The van der Waals surface area contributed by atoms with Gasteiger partial charge in [0.05, 0.1) is 0 Å². The van der Waals surface area contributed by atoms with Crippen molar-refractivity contribution in [1.29, 1.82) is 0 Å². The van der Waals surface area contributed by atoms with E-state index in [2.05, 4.69) is 17.2 Å². The van der Waals surface area contributed by atoms with Crippen LogP contribution in [0, 0.1) is 0 Å². The number of anilines is 1. The van der Waals surface area contributed by atoms with E-state index < -0.39 is 0 Å². The molecule has 3 aromatic rings. The van der Waals surface area contributed by atoms with E-state index >= 15 is 0 Å². The molecule has 0 spiro atoms. The Morgan fingerprint density at radius 2 is 1.68 bits per heavy atom. The van der Waals surface area contributed by atoms with Gasteiger partial charge in [-0.05, 0) is 47.4 Å². The lowest BCUT2D eigenvalue weighted by Gasteiger charge is -2.11. The lowest BCUT2D eigenvalue weighted by molar-refractivity contribution is -0.116. The molecule has 28 heavy (non-hydrogen) atoms. The van der Waals surface area contributed by atoms with Crippen LogP contribution in [-0.4, -0.2) is 18.4 Å². The zero-order valence-electron chi connectivity index (χ0n) is 15.8. The van der Waals surface area contributed by atoms with E-state index in [1.54, 1.807) is 6.07 Å². The van der Waals surface area contributed by atoms with Crippen LogP contribution in [0.1, 0.15) is 28.8 Å². The van der Waals surface area contributed by atoms with Gasteiger partial charge in [-0.1, -0.05) is 54.6 Å². The lowest BCUT2D eigenvalue weighted by Crippen LogP contribution is -2.27. The molecule has 0 saturated heterocycles. The molecule has 142 valence electrons. The number of carbonyl (C=O) groups excluding carboxylic acids is 2. The highest BCUT2D eigenvalue weighted by Crippen LogP contribution is 2.17. The normalized spacial score (nSPS) is 10.4. The Morgan fingerprint density at radius 3 is 2.50 bits per heavy atom. The van der Waals surface area contributed by atoms with E-state index in [-0.39, 0.29) is 24.8 Å². The Kier molecular flexibility index (Phi) is 6.58. The molecular formula is C24H24N2O2. The number of allylic oxidation sites excluding steroid dienone is 1. The summed E-state index contributed by atoms with van der Waals surface area (Å²) in [6, 6.07) is 21.2. The van der Waals surface area contributed by atoms with Gasteiger partial charge in [-0.2, -0.15) is 0 Å². The Bertz CT molecular complexity index is 995. The molecule has 0 unspecified atom stereocenters. The van der Waals surface area contributed by atoms with Crippen LogP contribution in [0.3, 0.4) is 0 Å². The molecule has 2 amide bonds. The van der Waals surface area contributed by atoms with E-state index in [1.807, 2.05) is 66.7 Å². The smallest absolute Gasteiger partial charge is 0.251 e. The molecule has 3 aromatic carbocycles. The standard InChI is InChI=1S/C24H24N2O2/c1-2-3-8-19-10-6-7-12-22(19)26-23(27)15-16-25-24(28)21-14-13-18-9-4-5-11-20(18)17-21/h2,4-7,9-14,17H,1,3,8,15-16H2,(H,25,28)(H,26,27). The van der Waals surface area contributed by atoms with Crippen molar-refractivity contribution < 1.29 is 9.59 Å². The van der Waals surface area contributed by atoms with Gasteiger partial charge in [-0.25, -0.2) is 0 Å². The van der Waals surface area contributed by atoms with E-state index in [0.29, 0.717) is 5.56 Å². The minimum absolute atomic E-state index is 0.120. The third-order valence-corrected chi connectivity index (χ3v) is 4.56. The zero-order chi connectivity index (χ0) is 19.8. The SMILES string of the molecule is C=CCCc1ccccc1NC(=O)CCNC(=O)c1ccc2ccccc2c1. The highest BCUT2D eigenvalue weighted by atomic mass is 16.2. The Morgan fingerprint density at radius 1 is 0.929 bits per heavy atom. The molecule has 2 N–H and O–H groups in total. The fraction of sp³-hybridized carbons (Fsp3) is 0.167. The second kappa shape index (κ2) is 9.51. The summed E-state index contributed by atoms with van der Waals surface area (Å²) >= 11 is 0. The molecule has 0 aliphatic rings. The van der Waals surface area contributed by atoms with Crippen molar-refractivity contribution in [3.8, 4) is 0 Å². The van der Waals surface area contributed by atoms with Crippen molar-refractivity contribution in [1.82, 2.24) is 5.32 Å². The van der Waals surface area contributed by atoms with Crippen LogP contribution in [0.25, 0.3) is 10.8 Å². The molecule has 0 atom stereocenters. The number of fused-ring (bicyclic) bond motifs is 1. The average Bonchev–Trinajstić information content (AvgIpc) is 2.72. The molecule has 4 nitrogen and oxygen atoms in total. The number of benzene rings is 3. The van der Waals surface area contributed by atoms with E-state index in [1.165, 1.54) is 0 Å². The molecule has 3 rings (SSSR count). The highest BCUT2D eigenvalue weighted by molar-refractivity contribution is 5.99. The molecule has 0 aromatic heterocycles. The van der Waals surface area contributed by atoms with E-state index in [0.717, 1.165) is 34.9 Å². The van der Waals surface area contributed by atoms with Crippen molar-refractivity contribution in [2.24, 2.45) is 0 Å². The van der Waals surface area contributed by atoms with Gasteiger partial charge in [0.25, 0.3) is 5.91 Å². The molecule has 0 bridgehead atoms. The first-order valence-electron chi connectivity index (χ1n) is 9.43. The molecule has 0 saturated carbocycles. The first kappa shape index (κ1) is 19.4. The summed E-state index contributed by atoms with van der Waals surface area (Å²) in [7, 11) is 0. The van der Waals surface area contributed by atoms with Gasteiger partial charge in [-0.3, -0.25) is 9.59 Å². The number of para-hydroxylation sites is 1. The topological polar surface area (TPSA) is 58.2 Å². The van der Waals surface area contributed by atoms with E-state index in [4.69, 9.17) is 0 Å². The molecule has 4 heteroatoms. The number of carbonyl (C=O) groups is 2. The summed E-state index contributed by atoms with van der Waals surface area (Å²) < 4.78 is 0. The van der Waals surface area contributed by atoms with Crippen LogP contribution in [0.2, 0.25) is 0 Å². The van der Waals surface area contributed by atoms with Gasteiger partial charge < -0.3 is 10.6 Å². The van der Waals surface area contributed by atoms with Crippen molar-refractivity contribution in [3.05, 3.63) is 90.5 Å². The molecular weight excluding hydrogens is 348 g/mol. The Labute approximate surface area is 165 Å². The predicted molar refractivity (Wildman–Crippen MR) is 114 cm³/mol. The third kappa shape index (κ3) is 5.07. The first-order valence-corrected chi connectivity index (χ1v) is 9.43.